The summed E-state index contributed by atoms with van der Waals surface area (Å²) in [4.78, 5) is 24.5. The molecule has 1 amide bonds. The van der Waals surface area contributed by atoms with Gasteiger partial charge in [-0.25, -0.2) is 4.79 Å². The molecule has 0 aromatic heterocycles. The van der Waals surface area contributed by atoms with E-state index in [1.165, 1.54) is 7.11 Å². The highest BCUT2D eigenvalue weighted by Gasteiger charge is 2.16. The molecule has 178 valence electrons. The zero-order valence-electron chi connectivity index (χ0n) is 19.2. The van der Waals surface area contributed by atoms with Gasteiger partial charge in [-0.2, -0.15) is 0 Å². The van der Waals surface area contributed by atoms with Crippen LogP contribution in [0, 0.1) is 0 Å². The van der Waals surface area contributed by atoms with E-state index in [0.29, 0.717) is 34.3 Å². The molecule has 0 spiro atoms. The van der Waals surface area contributed by atoms with Crippen molar-refractivity contribution in [3.05, 3.63) is 76.3 Å². The molecule has 0 heterocycles. The SMILES string of the molecule is CCCOc1ccc(C(=O)NCc2cc(OC)ccc2-c2ccc(OC)c(C(=O)O)c2)c(Cl)c1. The van der Waals surface area contributed by atoms with Crippen LogP contribution < -0.4 is 19.5 Å². The van der Waals surface area contributed by atoms with E-state index in [4.69, 9.17) is 25.8 Å². The number of carboxylic acids is 1. The minimum absolute atomic E-state index is 0.0444. The molecule has 0 radical (unpaired) electrons. The van der Waals surface area contributed by atoms with Crippen LogP contribution in [0.25, 0.3) is 11.1 Å². The minimum Gasteiger partial charge on any atom is -0.497 e. The number of carbonyl (C=O) groups excluding carboxylic acids is 1. The number of nitrogens with one attached hydrogen (secondary N) is 1. The zero-order chi connectivity index (χ0) is 24.7. The second-order valence-electron chi connectivity index (χ2n) is 7.42. The normalized spacial score (nSPS) is 10.5. The van der Waals surface area contributed by atoms with Gasteiger partial charge < -0.3 is 24.6 Å². The zero-order valence-corrected chi connectivity index (χ0v) is 19.9. The van der Waals surface area contributed by atoms with Gasteiger partial charge in [-0.15, -0.1) is 0 Å². The molecule has 0 bridgehead atoms. The van der Waals surface area contributed by atoms with Crippen LogP contribution in [0.1, 0.15) is 39.6 Å². The molecule has 0 aliphatic heterocycles. The van der Waals surface area contributed by atoms with Crippen LogP contribution in [0.5, 0.6) is 17.2 Å². The number of hydrogen-bond acceptors (Lipinski definition) is 5. The highest BCUT2D eigenvalue weighted by molar-refractivity contribution is 6.34. The van der Waals surface area contributed by atoms with Crippen LogP contribution in [0.2, 0.25) is 5.02 Å². The molecule has 0 fully saturated rings. The van der Waals surface area contributed by atoms with Crippen molar-refractivity contribution >= 4 is 23.5 Å². The summed E-state index contributed by atoms with van der Waals surface area (Å²) in [6.07, 6.45) is 0.866. The maximum absolute atomic E-state index is 12.8. The second-order valence-corrected chi connectivity index (χ2v) is 7.82. The Kier molecular flexibility index (Phi) is 8.38. The Morgan fingerprint density at radius 3 is 2.35 bits per heavy atom. The summed E-state index contributed by atoms with van der Waals surface area (Å²) in [5.41, 5.74) is 2.53. The molecule has 0 aliphatic rings. The first-order valence-corrected chi connectivity index (χ1v) is 11.0. The molecule has 2 N–H and O–H groups in total. The van der Waals surface area contributed by atoms with E-state index in [-0.39, 0.29) is 23.8 Å². The van der Waals surface area contributed by atoms with Crippen LogP contribution in [-0.4, -0.2) is 37.8 Å². The topological polar surface area (TPSA) is 94.1 Å². The van der Waals surface area contributed by atoms with Gasteiger partial charge in [0.15, 0.2) is 0 Å². The first kappa shape index (κ1) is 24.9. The predicted molar refractivity (Wildman–Crippen MR) is 130 cm³/mol. The predicted octanol–water partition coefficient (Wildman–Crippen LogP) is 5.44. The molecule has 3 aromatic carbocycles. The van der Waals surface area contributed by atoms with Crippen LogP contribution in [0.3, 0.4) is 0 Å². The lowest BCUT2D eigenvalue weighted by Gasteiger charge is -2.15. The van der Waals surface area contributed by atoms with Crippen molar-refractivity contribution in [2.24, 2.45) is 0 Å². The van der Waals surface area contributed by atoms with Gasteiger partial charge in [0.2, 0.25) is 0 Å². The third-order valence-corrected chi connectivity index (χ3v) is 5.46. The van der Waals surface area contributed by atoms with Crippen molar-refractivity contribution in [2.45, 2.75) is 19.9 Å². The summed E-state index contributed by atoms with van der Waals surface area (Å²) >= 11 is 6.31. The molecule has 7 nitrogen and oxygen atoms in total. The summed E-state index contributed by atoms with van der Waals surface area (Å²) in [6.45, 7) is 2.74. The number of methoxy groups -OCH3 is 2. The lowest BCUT2D eigenvalue weighted by Crippen LogP contribution is -2.23. The Labute approximate surface area is 203 Å². The molecule has 3 aromatic rings. The Bertz CT molecular complexity index is 1190. The van der Waals surface area contributed by atoms with Crippen molar-refractivity contribution < 1.29 is 28.9 Å². The van der Waals surface area contributed by atoms with Gasteiger partial charge >= 0.3 is 5.97 Å². The van der Waals surface area contributed by atoms with Gasteiger partial charge in [0.1, 0.15) is 22.8 Å². The molecule has 8 heteroatoms. The van der Waals surface area contributed by atoms with Gasteiger partial charge in [0.05, 0.1) is 31.4 Å². The maximum atomic E-state index is 12.8. The van der Waals surface area contributed by atoms with Crippen LogP contribution in [0.4, 0.5) is 0 Å². The van der Waals surface area contributed by atoms with Gasteiger partial charge in [0, 0.05) is 6.54 Å². The van der Waals surface area contributed by atoms with Crippen molar-refractivity contribution in [3.8, 4) is 28.4 Å². The fourth-order valence-corrected chi connectivity index (χ4v) is 3.68. The van der Waals surface area contributed by atoms with E-state index in [1.54, 1.807) is 55.6 Å². The monoisotopic (exact) mass is 483 g/mol. The van der Waals surface area contributed by atoms with E-state index in [2.05, 4.69) is 5.32 Å². The lowest BCUT2D eigenvalue weighted by molar-refractivity contribution is 0.0693. The number of amides is 1. The largest absolute Gasteiger partial charge is 0.497 e. The van der Waals surface area contributed by atoms with E-state index in [0.717, 1.165) is 17.5 Å². The summed E-state index contributed by atoms with van der Waals surface area (Å²) in [6, 6.07) is 15.3. The van der Waals surface area contributed by atoms with Crippen molar-refractivity contribution in [3.63, 3.8) is 0 Å². The smallest absolute Gasteiger partial charge is 0.339 e. The fourth-order valence-electron chi connectivity index (χ4n) is 3.43. The molecule has 3 rings (SSSR count). The lowest BCUT2D eigenvalue weighted by atomic mass is 9.97. The van der Waals surface area contributed by atoms with Gasteiger partial charge in [0.25, 0.3) is 5.91 Å². The van der Waals surface area contributed by atoms with Gasteiger partial charge in [-0.05, 0) is 65.6 Å². The summed E-state index contributed by atoms with van der Waals surface area (Å²) in [5.74, 6) is 0.0353. The van der Waals surface area contributed by atoms with Crippen molar-refractivity contribution in [1.29, 1.82) is 0 Å². The van der Waals surface area contributed by atoms with Crippen LogP contribution in [0.15, 0.2) is 54.6 Å². The Balaban J connectivity index is 1.87. The summed E-state index contributed by atoms with van der Waals surface area (Å²) in [7, 11) is 2.97. The summed E-state index contributed by atoms with van der Waals surface area (Å²) in [5, 5.41) is 12.7. The maximum Gasteiger partial charge on any atom is 0.339 e. The molecule has 0 unspecified atom stereocenters. The van der Waals surface area contributed by atoms with E-state index >= 15 is 0 Å². The molecule has 0 saturated carbocycles. The minimum atomic E-state index is -1.09. The van der Waals surface area contributed by atoms with Crippen LogP contribution >= 0.6 is 11.6 Å². The second kappa shape index (κ2) is 11.4. The van der Waals surface area contributed by atoms with Gasteiger partial charge in [-0.1, -0.05) is 30.7 Å². The van der Waals surface area contributed by atoms with Gasteiger partial charge in [-0.3, -0.25) is 4.79 Å². The van der Waals surface area contributed by atoms with Crippen molar-refractivity contribution in [1.82, 2.24) is 5.32 Å². The van der Waals surface area contributed by atoms with Crippen molar-refractivity contribution in [2.75, 3.05) is 20.8 Å². The number of carboxylic acid groups (broad SMARTS) is 1. The highest BCUT2D eigenvalue weighted by Crippen LogP contribution is 2.31. The standard InChI is InChI=1S/C26H26ClNO6/c1-4-11-34-19-7-9-21(23(27)14-19)25(29)28-15-17-12-18(32-2)6-8-20(17)16-5-10-24(33-3)22(13-16)26(30)31/h5-10,12-14H,4,11,15H2,1-3H3,(H,28,29)(H,30,31). The molecule has 0 saturated heterocycles. The van der Waals surface area contributed by atoms with E-state index in [1.807, 2.05) is 13.0 Å². The Morgan fingerprint density at radius 1 is 0.941 bits per heavy atom. The molecule has 0 aliphatic carbocycles. The number of benzene rings is 3. The van der Waals surface area contributed by atoms with E-state index < -0.39 is 5.97 Å². The number of aromatic carboxylic acids is 1. The first-order valence-electron chi connectivity index (χ1n) is 10.7. The Hall–Kier alpha value is -3.71. The molecular formula is C26H26ClNO6. The number of halogens is 1. The molecule has 34 heavy (non-hydrogen) atoms. The number of carbonyl (C=O) groups is 2. The van der Waals surface area contributed by atoms with E-state index in [9.17, 15) is 14.7 Å². The number of rotatable bonds is 10. The molecular weight excluding hydrogens is 458 g/mol. The Morgan fingerprint density at radius 2 is 1.71 bits per heavy atom. The number of ether oxygens (including phenoxy) is 3. The van der Waals surface area contributed by atoms with Crippen LogP contribution in [-0.2, 0) is 6.54 Å². The third kappa shape index (κ3) is 5.80. The average molecular weight is 484 g/mol. The number of hydrogen-bond donors (Lipinski definition) is 2. The third-order valence-electron chi connectivity index (χ3n) is 5.15. The first-order chi connectivity index (χ1) is 16.4. The highest BCUT2D eigenvalue weighted by atomic mass is 35.5. The summed E-state index contributed by atoms with van der Waals surface area (Å²) < 4.78 is 16.0. The quantitative estimate of drug-likeness (QED) is 0.398. The average Bonchev–Trinajstić information content (AvgIpc) is 2.85. The molecule has 0 atom stereocenters. The fraction of sp³-hybridized carbons (Fsp3) is 0.231.